The molecule has 0 bridgehead atoms. The van der Waals surface area contributed by atoms with Crippen LogP contribution in [0.15, 0.2) is 30.3 Å². The fourth-order valence-corrected chi connectivity index (χ4v) is 5.27. The van der Waals surface area contributed by atoms with Crippen LogP contribution in [0, 0.1) is 11.3 Å². The van der Waals surface area contributed by atoms with Crippen LogP contribution in [-0.4, -0.2) is 52.2 Å². The Morgan fingerprint density at radius 3 is 2.57 bits per heavy atom. The van der Waals surface area contributed by atoms with Crippen molar-refractivity contribution in [2.45, 2.75) is 55.3 Å². The molecule has 0 aromatic heterocycles. The Bertz CT molecular complexity index is 619. The monoisotopic (exact) mass is 311 g/mol. The number of hydrogen-bond donors (Lipinski definition) is 1. The minimum atomic E-state index is -0.896. The van der Waals surface area contributed by atoms with Gasteiger partial charge in [-0.25, -0.2) is 0 Å². The standard InChI is InChI=1S/C19H25N3O/c1-21-13-19(23,14-21)18(12-20)11-5-8-16-9-10-17(22(16)18)15-6-3-2-4-7-15/h2-4,6-7,16-17,23H,5,8-11,13-14H2,1H3/t16-,17-,18-/m1/s1. The number of rotatable bonds is 2. The third-order valence-electron chi connectivity index (χ3n) is 6.22. The number of likely N-dealkylation sites (N-methyl/N-ethyl adjacent to an activating group) is 1. The molecule has 4 rings (SSSR count). The predicted molar refractivity (Wildman–Crippen MR) is 88.7 cm³/mol. The summed E-state index contributed by atoms with van der Waals surface area (Å²) in [5.74, 6) is 0. The largest absolute Gasteiger partial charge is 0.384 e. The van der Waals surface area contributed by atoms with Crippen molar-refractivity contribution < 1.29 is 5.11 Å². The fourth-order valence-electron chi connectivity index (χ4n) is 5.27. The molecule has 0 unspecified atom stereocenters. The summed E-state index contributed by atoms with van der Waals surface area (Å²) >= 11 is 0. The van der Waals surface area contributed by atoms with Crippen LogP contribution in [0.4, 0.5) is 0 Å². The van der Waals surface area contributed by atoms with Crippen molar-refractivity contribution in [1.82, 2.24) is 9.80 Å². The van der Waals surface area contributed by atoms with Crippen molar-refractivity contribution in [2.75, 3.05) is 20.1 Å². The number of nitriles is 1. The van der Waals surface area contributed by atoms with E-state index < -0.39 is 11.1 Å². The van der Waals surface area contributed by atoms with Crippen LogP contribution >= 0.6 is 0 Å². The molecule has 0 saturated carbocycles. The number of nitrogens with zero attached hydrogens (tertiary/aromatic N) is 3. The molecule has 1 aromatic carbocycles. The van der Waals surface area contributed by atoms with Crippen LogP contribution in [0.5, 0.6) is 0 Å². The van der Waals surface area contributed by atoms with Gasteiger partial charge >= 0.3 is 0 Å². The molecule has 1 N–H and O–H groups in total. The van der Waals surface area contributed by atoms with Gasteiger partial charge in [-0.2, -0.15) is 5.26 Å². The molecule has 3 heterocycles. The lowest BCUT2D eigenvalue weighted by atomic mass is 9.68. The number of fused-ring (bicyclic) bond motifs is 1. The molecule has 122 valence electrons. The number of likely N-dealkylation sites (tertiary alicyclic amines) is 1. The van der Waals surface area contributed by atoms with E-state index in [1.807, 2.05) is 13.1 Å². The molecule has 4 heteroatoms. The van der Waals surface area contributed by atoms with Crippen LogP contribution < -0.4 is 0 Å². The lowest BCUT2D eigenvalue weighted by Crippen LogP contribution is -2.77. The van der Waals surface area contributed by atoms with E-state index >= 15 is 0 Å². The average Bonchev–Trinajstić information content (AvgIpc) is 2.98. The molecule has 1 aromatic rings. The van der Waals surface area contributed by atoms with Gasteiger partial charge in [0, 0.05) is 25.2 Å². The third-order valence-corrected chi connectivity index (χ3v) is 6.22. The van der Waals surface area contributed by atoms with Gasteiger partial charge in [-0.3, -0.25) is 4.90 Å². The smallest absolute Gasteiger partial charge is 0.141 e. The zero-order valence-corrected chi connectivity index (χ0v) is 13.8. The second kappa shape index (κ2) is 5.31. The fraction of sp³-hybridized carbons (Fsp3) is 0.632. The summed E-state index contributed by atoms with van der Waals surface area (Å²) in [5, 5.41) is 21.4. The van der Waals surface area contributed by atoms with Crippen LogP contribution in [-0.2, 0) is 0 Å². The maximum absolute atomic E-state index is 11.3. The zero-order valence-electron chi connectivity index (χ0n) is 13.8. The Labute approximate surface area is 138 Å². The first-order chi connectivity index (χ1) is 11.1. The number of piperidine rings is 1. The van der Waals surface area contributed by atoms with E-state index in [1.54, 1.807) is 0 Å². The molecule has 0 amide bonds. The third kappa shape index (κ3) is 2.07. The number of β-amino-alcohol motifs (C(OH)–C–C–N with tert-alkyl or cyclic N) is 1. The predicted octanol–water partition coefficient (Wildman–Crippen LogP) is 2.31. The number of benzene rings is 1. The summed E-state index contributed by atoms with van der Waals surface area (Å²) in [5.41, 5.74) is -0.348. The Balaban J connectivity index is 1.75. The van der Waals surface area contributed by atoms with Gasteiger partial charge in [0.25, 0.3) is 0 Å². The SMILES string of the molecule is CN1CC(O)([C@]2(C#N)CCC[C@@H]3CC[C@H](c4ccccc4)N32)C1. The van der Waals surface area contributed by atoms with Gasteiger partial charge in [0.05, 0.1) is 6.07 Å². The van der Waals surface area contributed by atoms with Crippen molar-refractivity contribution in [3.8, 4) is 6.07 Å². The first-order valence-corrected chi connectivity index (χ1v) is 8.75. The Morgan fingerprint density at radius 2 is 1.91 bits per heavy atom. The normalized spacial score (nSPS) is 36.9. The topological polar surface area (TPSA) is 50.5 Å². The van der Waals surface area contributed by atoms with E-state index in [0.29, 0.717) is 19.1 Å². The molecule has 23 heavy (non-hydrogen) atoms. The van der Waals surface area contributed by atoms with Gasteiger partial charge in [-0.05, 0) is 44.7 Å². The highest BCUT2D eigenvalue weighted by molar-refractivity contribution is 5.31. The van der Waals surface area contributed by atoms with Gasteiger partial charge in [-0.1, -0.05) is 30.3 Å². The minimum Gasteiger partial charge on any atom is -0.384 e. The molecule has 3 atom stereocenters. The number of hydrogen-bond acceptors (Lipinski definition) is 4. The summed E-state index contributed by atoms with van der Waals surface area (Å²) in [7, 11) is 2.01. The first kappa shape index (κ1) is 15.1. The van der Waals surface area contributed by atoms with Crippen molar-refractivity contribution in [3.63, 3.8) is 0 Å². The summed E-state index contributed by atoms with van der Waals surface area (Å²) in [4.78, 5) is 4.51. The van der Waals surface area contributed by atoms with Crippen LogP contribution in [0.3, 0.4) is 0 Å². The maximum Gasteiger partial charge on any atom is 0.141 e. The Kier molecular flexibility index (Phi) is 3.49. The van der Waals surface area contributed by atoms with E-state index in [9.17, 15) is 10.4 Å². The zero-order chi connectivity index (χ0) is 16.1. The maximum atomic E-state index is 11.3. The van der Waals surface area contributed by atoms with E-state index in [-0.39, 0.29) is 6.04 Å². The second-order valence-electron chi connectivity index (χ2n) is 7.63. The molecule has 3 aliphatic rings. The summed E-state index contributed by atoms with van der Waals surface area (Å²) in [6.07, 6.45) is 5.20. The minimum absolute atomic E-state index is 0.260. The van der Waals surface area contributed by atoms with Crippen molar-refractivity contribution >= 4 is 0 Å². The summed E-state index contributed by atoms with van der Waals surface area (Å²) in [6.45, 7) is 1.20. The van der Waals surface area contributed by atoms with E-state index in [2.05, 4.69) is 40.1 Å². The second-order valence-corrected chi connectivity index (χ2v) is 7.63. The lowest BCUT2D eigenvalue weighted by molar-refractivity contribution is -0.186. The highest BCUT2D eigenvalue weighted by Crippen LogP contribution is 2.52. The highest BCUT2D eigenvalue weighted by atomic mass is 16.3. The number of aliphatic hydroxyl groups is 1. The average molecular weight is 311 g/mol. The molecule has 4 nitrogen and oxygen atoms in total. The summed E-state index contributed by atoms with van der Waals surface area (Å²) < 4.78 is 0. The first-order valence-electron chi connectivity index (χ1n) is 8.75. The molecular formula is C19H25N3O. The van der Waals surface area contributed by atoms with Gasteiger partial charge < -0.3 is 10.0 Å². The van der Waals surface area contributed by atoms with Crippen LogP contribution in [0.25, 0.3) is 0 Å². The van der Waals surface area contributed by atoms with E-state index in [4.69, 9.17) is 0 Å². The van der Waals surface area contributed by atoms with Gasteiger partial charge in [0.15, 0.2) is 0 Å². The molecule has 0 aliphatic carbocycles. The van der Waals surface area contributed by atoms with Gasteiger partial charge in [0.1, 0.15) is 11.1 Å². The van der Waals surface area contributed by atoms with Crippen LogP contribution in [0.2, 0.25) is 0 Å². The van der Waals surface area contributed by atoms with E-state index in [0.717, 1.165) is 32.1 Å². The van der Waals surface area contributed by atoms with Crippen molar-refractivity contribution in [3.05, 3.63) is 35.9 Å². The Hall–Kier alpha value is -1.41. The van der Waals surface area contributed by atoms with Gasteiger partial charge in [0.2, 0.25) is 0 Å². The van der Waals surface area contributed by atoms with E-state index in [1.165, 1.54) is 5.56 Å². The molecule has 0 radical (unpaired) electrons. The van der Waals surface area contributed by atoms with Gasteiger partial charge in [-0.15, -0.1) is 0 Å². The van der Waals surface area contributed by atoms with Crippen molar-refractivity contribution in [1.29, 1.82) is 5.26 Å². The lowest BCUT2D eigenvalue weighted by Gasteiger charge is -2.60. The van der Waals surface area contributed by atoms with Crippen molar-refractivity contribution in [2.24, 2.45) is 0 Å². The summed E-state index contributed by atoms with van der Waals surface area (Å²) in [6, 6.07) is 13.8. The molecule has 3 aliphatic heterocycles. The molecule has 3 fully saturated rings. The highest BCUT2D eigenvalue weighted by Gasteiger charge is 2.64. The van der Waals surface area contributed by atoms with Crippen LogP contribution in [0.1, 0.15) is 43.7 Å². The Morgan fingerprint density at radius 1 is 1.17 bits per heavy atom. The molecule has 0 spiro atoms. The quantitative estimate of drug-likeness (QED) is 0.910. The molecular weight excluding hydrogens is 286 g/mol. The molecule has 3 saturated heterocycles.